The summed E-state index contributed by atoms with van der Waals surface area (Å²) < 4.78 is 8.14. The van der Waals surface area contributed by atoms with Gasteiger partial charge in [0.05, 0.1) is 11.1 Å². The van der Waals surface area contributed by atoms with Crippen molar-refractivity contribution in [2.75, 3.05) is 0 Å². The van der Waals surface area contributed by atoms with Crippen LogP contribution in [-0.4, -0.2) is 4.57 Å². The van der Waals surface area contributed by atoms with Gasteiger partial charge in [0.15, 0.2) is 0 Å². The predicted molar refractivity (Wildman–Crippen MR) is 132 cm³/mol. The second kappa shape index (κ2) is 8.88. The Balaban J connectivity index is 1.45. The minimum atomic E-state index is 0.568. The number of rotatable bonds is 5. The second-order valence-corrected chi connectivity index (χ2v) is 7.65. The first-order chi connectivity index (χ1) is 15.8. The summed E-state index contributed by atoms with van der Waals surface area (Å²) in [4.78, 5) is 0. The highest BCUT2D eigenvalue weighted by Crippen LogP contribution is 2.30. The molecule has 154 valence electrons. The van der Waals surface area contributed by atoms with E-state index >= 15 is 0 Å². The minimum Gasteiger partial charge on any atom is -0.489 e. The lowest BCUT2D eigenvalue weighted by Gasteiger charge is -2.09. The molecule has 5 rings (SSSR count). The van der Waals surface area contributed by atoms with Crippen LogP contribution < -0.4 is 4.74 Å². The molecule has 1 heterocycles. The van der Waals surface area contributed by atoms with Gasteiger partial charge in [-0.3, -0.25) is 0 Å². The minimum absolute atomic E-state index is 0.568. The van der Waals surface area contributed by atoms with Crippen molar-refractivity contribution < 1.29 is 4.74 Å². The quantitative estimate of drug-likeness (QED) is 0.277. The molecule has 0 aliphatic heterocycles. The van der Waals surface area contributed by atoms with Gasteiger partial charge >= 0.3 is 0 Å². The van der Waals surface area contributed by atoms with Crippen molar-refractivity contribution in [2.24, 2.45) is 0 Å². The van der Waals surface area contributed by atoms with E-state index in [-0.39, 0.29) is 0 Å². The number of aromatic nitrogens is 1. The molecule has 5 aromatic rings. The molecular formula is C30H23NO. The van der Waals surface area contributed by atoms with Gasteiger partial charge in [-0.25, -0.2) is 0 Å². The highest BCUT2D eigenvalue weighted by Gasteiger charge is 2.10. The maximum atomic E-state index is 5.93. The summed E-state index contributed by atoms with van der Waals surface area (Å²) in [6, 6.07) is 35.5. The SMILES string of the molecule is CC#Cc1cn(-c2ccccc2)c2ccc(-c3ccc(OCc4ccccc4)cc3)cc12. The van der Waals surface area contributed by atoms with E-state index in [4.69, 9.17) is 4.74 Å². The number of ether oxygens (including phenoxy) is 1. The van der Waals surface area contributed by atoms with Crippen LogP contribution in [0.3, 0.4) is 0 Å². The molecule has 2 nitrogen and oxygen atoms in total. The third-order valence-corrected chi connectivity index (χ3v) is 5.53. The Labute approximate surface area is 188 Å². The van der Waals surface area contributed by atoms with Crippen molar-refractivity contribution in [3.8, 4) is 34.4 Å². The second-order valence-electron chi connectivity index (χ2n) is 7.65. The summed E-state index contributed by atoms with van der Waals surface area (Å²) in [7, 11) is 0. The van der Waals surface area contributed by atoms with Crippen LogP contribution in [0, 0.1) is 11.8 Å². The number of hydrogen-bond donors (Lipinski definition) is 0. The fourth-order valence-electron chi connectivity index (χ4n) is 3.93. The first-order valence-corrected chi connectivity index (χ1v) is 10.7. The van der Waals surface area contributed by atoms with Crippen molar-refractivity contribution in [3.05, 3.63) is 120 Å². The van der Waals surface area contributed by atoms with E-state index in [9.17, 15) is 0 Å². The van der Waals surface area contributed by atoms with Gasteiger partial charge in [-0.15, -0.1) is 5.92 Å². The number of para-hydroxylation sites is 1. The smallest absolute Gasteiger partial charge is 0.119 e. The molecule has 0 radical (unpaired) electrons. The third-order valence-electron chi connectivity index (χ3n) is 5.53. The van der Waals surface area contributed by atoms with Crippen molar-refractivity contribution in [1.29, 1.82) is 0 Å². The summed E-state index contributed by atoms with van der Waals surface area (Å²) in [6.45, 7) is 2.45. The Kier molecular flexibility index (Phi) is 5.47. The van der Waals surface area contributed by atoms with E-state index in [0.717, 1.165) is 44.6 Å². The van der Waals surface area contributed by atoms with Crippen molar-refractivity contribution in [2.45, 2.75) is 13.5 Å². The maximum Gasteiger partial charge on any atom is 0.119 e. The molecule has 2 heteroatoms. The molecule has 0 saturated heterocycles. The zero-order valence-corrected chi connectivity index (χ0v) is 18.0. The summed E-state index contributed by atoms with van der Waals surface area (Å²) >= 11 is 0. The highest BCUT2D eigenvalue weighted by atomic mass is 16.5. The summed E-state index contributed by atoms with van der Waals surface area (Å²) in [5.74, 6) is 7.19. The number of nitrogens with zero attached hydrogens (tertiary/aromatic N) is 1. The van der Waals surface area contributed by atoms with Gasteiger partial charge in [-0.2, -0.15) is 0 Å². The van der Waals surface area contributed by atoms with Gasteiger partial charge in [0.2, 0.25) is 0 Å². The molecule has 0 unspecified atom stereocenters. The number of hydrogen-bond acceptors (Lipinski definition) is 1. The van der Waals surface area contributed by atoms with E-state index < -0.39 is 0 Å². The first-order valence-electron chi connectivity index (χ1n) is 10.7. The average molecular weight is 414 g/mol. The largest absolute Gasteiger partial charge is 0.489 e. The van der Waals surface area contributed by atoms with Gasteiger partial charge in [0.25, 0.3) is 0 Å². The molecule has 1 aromatic heterocycles. The highest BCUT2D eigenvalue weighted by molar-refractivity contribution is 5.92. The van der Waals surface area contributed by atoms with Crippen molar-refractivity contribution in [1.82, 2.24) is 4.57 Å². The lowest BCUT2D eigenvalue weighted by Crippen LogP contribution is -1.94. The van der Waals surface area contributed by atoms with Gasteiger partial charge in [0, 0.05) is 17.3 Å². The van der Waals surface area contributed by atoms with E-state index in [2.05, 4.69) is 89.3 Å². The maximum absolute atomic E-state index is 5.93. The average Bonchev–Trinajstić information content (AvgIpc) is 3.22. The molecule has 0 aliphatic carbocycles. The van der Waals surface area contributed by atoms with Crippen molar-refractivity contribution >= 4 is 10.9 Å². The van der Waals surface area contributed by atoms with Crippen LogP contribution in [-0.2, 0) is 6.61 Å². The molecule has 0 amide bonds. The number of fused-ring (bicyclic) bond motifs is 1. The molecule has 4 aromatic carbocycles. The van der Waals surface area contributed by atoms with Gasteiger partial charge in [-0.05, 0) is 60.0 Å². The fraction of sp³-hybridized carbons (Fsp3) is 0.0667. The van der Waals surface area contributed by atoms with Crippen LogP contribution in [0.2, 0.25) is 0 Å². The molecule has 0 bridgehead atoms. The standard InChI is InChI=1S/C30H23NO/c1-2-9-26-21-31(27-12-7-4-8-13-27)30-19-16-25(20-29(26)30)24-14-17-28(18-15-24)32-22-23-10-5-3-6-11-23/h3-8,10-21H,22H2,1H3. The predicted octanol–water partition coefficient (Wildman–Crippen LogP) is 7.25. The van der Waals surface area contributed by atoms with E-state index in [1.165, 1.54) is 0 Å². The summed E-state index contributed by atoms with van der Waals surface area (Å²) in [6.07, 6.45) is 2.13. The van der Waals surface area contributed by atoms with Gasteiger partial charge in [-0.1, -0.05) is 72.7 Å². The topological polar surface area (TPSA) is 14.2 Å². The van der Waals surface area contributed by atoms with Crippen LogP contribution >= 0.6 is 0 Å². The molecular weight excluding hydrogens is 390 g/mol. The van der Waals surface area contributed by atoms with E-state index in [0.29, 0.717) is 6.61 Å². The molecule has 0 N–H and O–H groups in total. The Bertz CT molecular complexity index is 1400. The van der Waals surface area contributed by atoms with Gasteiger partial charge < -0.3 is 9.30 Å². The van der Waals surface area contributed by atoms with Crippen molar-refractivity contribution in [3.63, 3.8) is 0 Å². The Hall–Kier alpha value is -4.22. The monoisotopic (exact) mass is 413 g/mol. The molecule has 32 heavy (non-hydrogen) atoms. The normalized spacial score (nSPS) is 10.5. The Morgan fingerprint density at radius 2 is 1.44 bits per heavy atom. The van der Waals surface area contributed by atoms with Gasteiger partial charge in [0.1, 0.15) is 12.4 Å². The molecule has 0 spiro atoms. The Morgan fingerprint density at radius 3 is 2.16 bits per heavy atom. The third kappa shape index (κ3) is 4.02. The van der Waals surface area contributed by atoms with Crippen LogP contribution in [0.15, 0.2) is 109 Å². The van der Waals surface area contributed by atoms with Crippen LogP contribution in [0.5, 0.6) is 5.75 Å². The van der Waals surface area contributed by atoms with Crippen LogP contribution in [0.4, 0.5) is 0 Å². The van der Waals surface area contributed by atoms with E-state index in [1.807, 2.05) is 43.3 Å². The molecule has 0 atom stereocenters. The zero-order valence-electron chi connectivity index (χ0n) is 18.0. The number of benzene rings is 4. The zero-order chi connectivity index (χ0) is 21.8. The fourth-order valence-corrected chi connectivity index (χ4v) is 3.93. The lowest BCUT2D eigenvalue weighted by molar-refractivity contribution is 0.306. The van der Waals surface area contributed by atoms with Crippen LogP contribution in [0.25, 0.3) is 27.7 Å². The van der Waals surface area contributed by atoms with Crippen LogP contribution in [0.1, 0.15) is 18.1 Å². The molecule has 0 saturated carbocycles. The van der Waals surface area contributed by atoms with E-state index in [1.54, 1.807) is 0 Å². The lowest BCUT2D eigenvalue weighted by atomic mass is 10.0. The molecule has 0 aliphatic rings. The molecule has 0 fully saturated rings. The summed E-state index contributed by atoms with van der Waals surface area (Å²) in [5.41, 5.74) is 6.80. The first kappa shape index (κ1) is 19.7. The Morgan fingerprint density at radius 1 is 0.750 bits per heavy atom. The summed E-state index contributed by atoms with van der Waals surface area (Å²) in [5, 5.41) is 1.16.